The fourth-order valence-electron chi connectivity index (χ4n) is 4.03. The van der Waals surface area contributed by atoms with Crippen LogP contribution in [0.4, 0.5) is 0 Å². The van der Waals surface area contributed by atoms with Crippen molar-refractivity contribution in [3.05, 3.63) is 27.1 Å². The second-order valence-electron chi connectivity index (χ2n) is 7.95. The molecule has 27 heavy (non-hydrogen) atoms. The van der Waals surface area contributed by atoms with Crippen molar-refractivity contribution in [2.45, 2.75) is 64.5 Å². The van der Waals surface area contributed by atoms with Gasteiger partial charge in [-0.25, -0.2) is 4.98 Å². The third-order valence-corrected chi connectivity index (χ3v) is 7.18. The minimum atomic E-state index is -0.131. The molecule has 7 heteroatoms. The number of thiophene rings is 1. The summed E-state index contributed by atoms with van der Waals surface area (Å²) in [6.07, 6.45) is 8.62. The first-order valence-electron chi connectivity index (χ1n) is 9.73. The number of aryl methyl sites for hydroxylation is 2. The standard InChI is InChI=1S/C20H30N4O2S/c1-14-15(2)27-18-17(14)19(26)24(13-22-18)11-16(25)21-12-20(23(3)4)9-7-5-6-8-10-20/h13H,5-12H2,1-4H3,(H,21,25). The summed E-state index contributed by atoms with van der Waals surface area (Å²) >= 11 is 1.52. The van der Waals surface area contributed by atoms with E-state index in [0.29, 0.717) is 11.9 Å². The Morgan fingerprint density at radius 3 is 2.56 bits per heavy atom. The molecule has 3 rings (SSSR count). The summed E-state index contributed by atoms with van der Waals surface area (Å²) in [5, 5.41) is 3.72. The summed E-state index contributed by atoms with van der Waals surface area (Å²) in [6, 6.07) is 0. The molecule has 0 aromatic carbocycles. The van der Waals surface area contributed by atoms with Gasteiger partial charge in [0.2, 0.25) is 5.91 Å². The molecule has 0 atom stereocenters. The zero-order valence-corrected chi connectivity index (χ0v) is 17.6. The third-order valence-electron chi connectivity index (χ3n) is 6.07. The average molecular weight is 391 g/mol. The van der Waals surface area contributed by atoms with Crippen molar-refractivity contribution >= 4 is 27.5 Å². The van der Waals surface area contributed by atoms with Crippen molar-refractivity contribution in [1.82, 2.24) is 19.8 Å². The summed E-state index contributed by atoms with van der Waals surface area (Å²) in [6.45, 7) is 4.57. The predicted octanol–water partition coefficient (Wildman–Crippen LogP) is 2.85. The Labute approximate surface area is 164 Å². The average Bonchev–Trinajstić information content (AvgIpc) is 2.80. The molecule has 2 aromatic heterocycles. The smallest absolute Gasteiger partial charge is 0.262 e. The number of amides is 1. The van der Waals surface area contributed by atoms with Crippen molar-refractivity contribution < 1.29 is 4.79 Å². The van der Waals surface area contributed by atoms with Crippen molar-refractivity contribution in [1.29, 1.82) is 0 Å². The summed E-state index contributed by atoms with van der Waals surface area (Å²) in [7, 11) is 4.20. The second-order valence-corrected chi connectivity index (χ2v) is 9.15. The molecule has 1 saturated carbocycles. The number of nitrogens with one attached hydrogen (secondary N) is 1. The Balaban J connectivity index is 1.72. The Morgan fingerprint density at radius 2 is 1.93 bits per heavy atom. The number of carbonyl (C=O) groups is 1. The fourth-order valence-corrected chi connectivity index (χ4v) is 5.01. The molecule has 0 spiro atoms. The van der Waals surface area contributed by atoms with Gasteiger partial charge >= 0.3 is 0 Å². The monoisotopic (exact) mass is 390 g/mol. The number of likely N-dealkylation sites (N-methyl/N-ethyl adjacent to an activating group) is 1. The zero-order chi connectivity index (χ0) is 19.6. The zero-order valence-electron chi connectivity index (χ0n) is 16.8. The molecule has 2 aromatic rings. The topological polar surface area (TPSA) is 67.2 Å². The molecule has 148 valence electrons. The van der Waals surface area contributed by atoms with Crippen LogP contribution < -0.4 is 10.9 Å². The molecule has 2 heterocycles. The van der Waals surface area contributed by atoms with E-state index in [1.54, 1.807) is 0 Å². The van der Waals surface area contributed by atoms with Gasteiger partial charge in [0.1, 0.15) is 11.4 Å². The number of hydrogen-bond acceptors (Lipinski definition) is 5. The number of nitrogens with zero attached hydrogens (tertiary/aromatic N) is 3. The summed E-state index contributed by atoms with van der Waals surface area (Å²) in [4.78, 5) is 33.8. The first-order valence-corrected chi connectivity index (χ1v) is 10.5. The van der Waals surface area contributed by atoms with E-state index in [4.69, 9.17) is 0 Å². The van der Waals surface area contributed by atoms with E-state index in [9.17, 15) is 9.59 Å². The lowest BCUT2D eigenvalue weighted by Gasteiger charge is -2.39. The maximum absolute atomic E-state index is 12.8. The van der Waals surface area contributed by atoms with E-state index in [1.165, 1.54) is 47.9 Å². The third kappa shape index (κ3) is 4.09. The first kappa shape index (κ1) is 20.0. The van der Waals surface area contributed by atoms with Gasteiger partial charge in [-0.3, -0.25) is 14.2 Å². The van der Waals surface area contributed by atoms with Crippen LogP contribution in [-0.2, 0) is 11.3 Å². The number of hydrogen-bond donors (Lipinski definition) is 1. The molecule has 6 nitrogen and oxygen atoms in total. The number of carbonyl (C=O) groups excluding carboxylic acids is 1. The van der Waals surface area contributed by atoms with Crippen LogP contribution >= 0.6 is 11.3 Å². The SMILES string of the molecule is Cc1sc2ncn(CC(=O)NCC3(N(C)C)CCCCCC3)c(=O)c2c1C. The highest BCUT2D eigenvalue weighted by molar-refractivity contribution is 7.18. The minimum Gasteiger partial charge on any atom is -0.353 e. The molecule has 0 bridgehead atoms. The highest BCUT2D eigenvalue weighted by Gasteiger charge is 2.33. The van der Waals surface area contributed by atoms with Gasteiger partial charge in [-0.2, -0.15) is 0 Å². The van der Waals surface area contributed by atoms with Gasteiger partial charge in [-0.05, 0) is 46.3 Å². The van der Waals surface area contributed by atoms with Crippen molar-refractivity contribution in [3.8, 4) is 0 Å². The fraction of sp³-hybridized carbons (Fsp3) is 0.650. The summed E-state index contributed by atoms with van der Waals surface area (Å²) in [5.74, 6) is -0.131. The van der Waals surface area contributed by atoms with E-state index in [2.05, 4.69) is 29.3 Å². The van der Waals surface area contributed by atoms with Gasteiger partial charge in [-0.15, -0.1) is 11.3 Å². The number of aromatic nitrogens is 2. The van der Waals surface area contributed by atoms with E-state index < -0.39 is 0 Å². The number of rotatable bonds is 5. The lowest BCUT2D eigenvalue weighted by Crippen LogP contribution is -2.53. The maximum Gasteiger partial charge on any atom is 0.262 e. The molecule has 1 amide bonds. The van der Waals surface area contributed by atoms with Gasteiger partial charge in [0, 0.05) is 17.0 Å². The molecule has 0 aliphatic heterocycles. The highest BCUT2D eigenvalue weighted by atomic mass is 32.1. The van der Waals surface area contributed by atoms with E-state index >= 15 is 0 Å². The lowest BCUT2D eigenvalue weighted by molar-refractivity contribution is -0.122. The molecule has 0 radical (unpaired) electrons. The number of fused-ring (bicyclic) bond motifs is 1. The van der Waals surface area contributed by atoms with Gasteiger partial charge in [0.25, 0.3) is 5.56 Å². The van der Waals surface area contributed by atoms with Crippen LogP contribution in [-0.4, -0.2) is 46.5 Å². The Kier molecular flexibility index (Phi) is 6.01. The van der Waals surface area contributed by atoms with Crippen molar-refractivity contribution in [2.75, 3.05) is 20.6 Å². The molecular weight excluding hydrogens is 360 g/mol. The highest BCUT2D eigenvalue weighted by Crippen LogP contribution is 2.30. The van der Waals surface area contributed by atoms with Gasteiger partial charge in [0.05, 0.1) is 11.7 Å². The van der Waals surface area contributed by atoms with Gasteiger partial charge in [-0.1, -0.05) is 25.7 Å². The molecule has 0 unspecified atom stereocenters. The minimum absolute atomic E-state index is 0.0135. The van der Waals surface area contributed by atoms with Crippen molar-refractivity contribution in [3.63, 3.8) is 0 Å². The molecule has 0 saturated heterocycles. The van der Waals surface area contributed by atoms with Crippen LogP contribution in [0.1, 0.15) is 49.0 Å². The summed E-state index contributed by atoms with van der Waals surface area (Å²) < 4.78 is 1.42. The quantitative estimate of drug-likeness (QED) is 0.797. The molecular formula is C20H30N4O2S. The molecule has 1 aliphatic carbocycles. The van der Waals surface area contributed by atoms with E-state index in [1.807, 2.05) is 13.8 Å². The Bertz CT molecular complexity index is 876. The van der Waals surface area contributed by atoms with Crippen LogP contribution in [0.3, 0.4) is 0 Å². The van der Waals surface area contributed by atoms with Crippen LogP contribution in [0, 0.1) is 13.8 Å². The Morgan fingerprint density at radius 1 is 1.26 bits per heavy atom. The predicted molar refractivity (Wildman–Crippen MR) is 110 cm³/mol. The van der Waals surface area contributed by atoms with E-state index in [-0.39, 0.29) is 23.6 Å². The normalized spacial score (nSPS) is 17.2. The van der Waals surface area contributed by atoms with Crippen LogP contribution in [0.25, 0.3) is 10.2 Å². The lowest BCUT2D eigenvalue weighted by atomic mass is 9.88. The summed E-state index contributed by atoms with van der Waals surface area (Å²) in [5.41, 5.74) is 0.849. The Hall–Kier alpha value is -1.73. The van der Waals surface area contributed by atoms with Crippen molar-refractivity contribution in [2.24, 2.45) is 0 Å². The maximum atomic E-state index is 12.8. The first-order chi connectivity index (χ1) is 12.8. The second kappa shape index (κ2) is 8.10. The van der Waals surface area contributed by atoms with Crippen LogP contribution in [0.15, 0.2) is 11.1 Å². The van der Waals surface area contributed by atoms with Crippen LogP contribution in [0.5, 0.6) is 0 Å². The molecule has 1 aliphatic rings. The van der Waals surface area contributed by atoms with Gasteiger partial charge < -0.3 is 10.2 Å². The van der Waals surface area contributed by atoms with E-state index in [0.717, 1.165) is 28.1 Å². The van der Waals surface area contributed by atoms with Gasteiger partial charge in [0.15, 0.2) is 0 Å². The largest absolute Gasteiger partial charge is 0.353 e. The molecule has 1 N–H and O–H groups in total. The van der Waals surface area contributed by atoms with Crippen LogP contribution in [0.2, 0.25) is 0 Å². The molecule has 1 fully saturated rings.